The normalized spacial score (nSPS) is 10.0. The van der Waals surface area contributed by atoms with Crippen molar-refractivity contribution in [1.29, 1.82) is 0 Å². The van der Waals surface area contributed by atoms with Crippen LogP contribution in [0.2, 0.25) is 0 Å². The molecule has 1 amide bonds. The molecule has 0 radical (unpaired) electrons. The first-order chi connectivity index (χ1) is 12.5. The van der Waals surface area contributed by atoms with Crippen LogP contribution in [0.5, 0.6) is 5.75 Å². The highest BCUT2D eigenvalue weighted by molar-refractivity contribution is 7.80. The molecule has 0 saturated carbocycles. The van der Waals surface area contributed by atoms with Gasteiger partial charge in [-0.15, -0.1) is 0 Å². The molecule has 7 heteroatoms. The molecule has 2 aromatic carbocycles. The molecule has 0 bridgehead atoms. The molecule has 0 aliphatic heterocycles. The van der Waals surface area contributed by atoms with Gasteiger partial charge in [0.25, 0.3) is 5.91 Å². The molecule has 0 heterocycles. The zero-order valence-electron chi connectivity index (χ0n) is 14.3. The number of thiocarbonyl (C=S) groups is 1. The topological polar surface area (TPSA) is 87.7 Å². The van der Waals surface area contributed by atoms with E-state index in [1.165, 1.54) is 12.1 Å². The molecule has 136 valence electrons. The Hall–Kier alpha value is -2.93. The van der Waals surface area contributed by atoms with Crippen LogP contribution in [-0.2, 0) is 6.54 Å². The van der Waals surface area contributed by atoms with Crippen LogP contribution in [-0.4, -0.2) is 28.7 Å². The summed E-state index contributed by atoms with van der Waals surface area (Å²) in [6.45, 7) is 2.97. The minimum absolute atomic E-state index is 0.192. The SMILES string of the molecule is CCCOc1cccc(C(=O)NC(=S)NCc2ccc(C(=O)O)cc2)c1. The van der Waals surface area contributed by atoms with E-state index in [0.29, 0.717) is 24.5 Å². The predicted molar refractivity (Wildman–Crippen MR) is 103 cm³/mol. The van der Waals surface area contributed by atoms with Crippen LogP contribution in [0, 0.1) is 0 Å². The van der Waals surface area contributed by atoms with Gasteiger partial charge in [0.2, 0.25) is 0 Å². The fraction of sp³-hybridized carbons (Fsp3) is 0.211. The molecular weight excluding hydrogens is 352 g/mol. The summed E-state index contributed by atoms with van der Waals surface area (Å²) in [5, 5.41) is 14.6. The standard InChI is InChI=1S/C19H20N2O4S/c1-2-10-25-16-5-3-4-15(11-16)17(22)21-19(26)20-12-13-6-8-14(9-7-13)18(23)24/h3-9,11H,2,10,12H2,1H3,(H,23,24)(H2,20,21,22,26). The summed E-state index contributed by atoms with van der Waals surface area (Å²) in [6.07, 6.45) is 0.887. The molecule has 2 aromatic rings. The van der Waals surface area contributed by atoms with Gasteiger partial charge >= 0.3 is 5.97 Å². The summed E-state index contributed by atoms with van der Waals surface area (Å²) in [5.74, 6) is -0.667. The quantitative estimate of drug-likeness (QED) is 0.648. The number of carbonyl (C=O) groups excluding carboxylic acids is 1. The number of benzene rings is 2. The zero-order valence-corrected chi connectivity index (χ0v) is 15.1. The molecule has 0 spiro atoms. The monoisotopic (exact) mass is 372 g/mol. The number of amides is 1. The van der Waals surface area contributed by atoms with Crippen molar-refractivity contribution in [2.24, 2.45) is 0 Å². The van der Waals surface area contributed by atoms with Gasteiger partial charge < -0.3 is 15.2 Å². The second-order valence-electron chi connectivity index (χ2n) is 5.52. The minimum atomic E-state index is -0.975. The molecule has 2 rings (SSSR count). The van der Waals surface area contributed by atoms with E-state index in [1.807, 2.05) is 6.92 Å². The van der Waals surface area contributed by atoms with Crippen molar-refractivity contribution in [2.45, 2.75) is 19.9 Å². The van der Waals surface area contributed by atoms with Gasteiger partial charge in [0.15, 0.2) is 5.11 Å². The highest BCUT2D eigenvalue weighted by Gasteiger charge is 2.09. The van der Waals surface area contributed by atoms with Crippen molar-refractivity contribution in [2.75, 3.05) is 6.61 Å². The Morgan fingerprint density at radius 2 is 1.85 bits per heavy atom. The van der Waals surface area contributed by atoms with Crippen LogP contribution in [0.25, 0.3) is 0 Å². The summed E-state index contributed by atoms with van der Waals surface area (Å²) in [6, 6.07) is 13.3. The van der Waals surface area contributed by atoms with Gasteiger partial charge in [-0.1, -0.05) is 25.1 Å². The lowest BCUT2D eigenvalue weighted by Crippen LogP contribution is -2.38. The van der Waals surface area contributed by atoms with Crippen LogP contribution in [0.1, 0.15) is 39.6 Å². The number of aromatic carboxylic acids is 1. The lowest BCUT2D eigenvalue weighted by Gasteiger charge is -2.11. The largest absolute Gasteiger partial charge is 0.494 e. The van der Waals surface area contributed by atoms with Crippen LogP contribution >= 0.6 is 12.2 Å². The average molecular weight is 372 g/mol. The van der Waals surface area contributed by atoms with E-state index in [2.05, 4.69) is 10.6 Å². The van der Waals surface area contributed by atoms with Gasteiger partial charge in [-0.05, 0) is 54.5 Å². The van der Waals surface area contributed by atoms with Crippen molar-refractivity contribution in [1.82, 2.24) is 10.6 Å². The summed E-state index contributed by atoms with van der Waals surface area (Å²) in [5.41, 5.74) is 1.52. The van der Waals surface area contributed by atoms with Crippen molar-refractivity contribution >= 4 is 29.2 Å². The summed E-state index contributed by atoms with van der Waals surface area (Å²) < 4.78 is 5.51. The van der Waals surface area contributed by atoms with Crippen molar-refractivity contribution in [3.05, 3.63) is 65.2 Å². The highest BCUT2D eigenvalue weighted by Crippen LogP contribution is 2.13. The van der Waals surface area contributed by atoms with Crippen LogP contribution in [0.3, 0.4) is 0 Å². The number of hydrogen-bond donors (Lipinski definition) is 3. The first-order valence-corrected chi connectivity index (χ1v) is 8.54. The Kier molecular flexibility index (Phi) is 7.11. The molecule has 0 aromatic heterocycles. The molecule has 0 aliphatic carbocycles. The van der Waals surface area contributed by atoms with E-state index < -0.39 is 5.97 Å². The maximum Gasteiger partial charge on any atom is 0.335 e. The second kappa shape index (κ2) is 9.53. The van der Waals surface area contributed by atoms with Gasteiger partial charge in [-0.2, -0.15) is 0 Å². The van der Waals surface area contributed by atoms with Gasteiger partial charge in [-0.25, -0.2) is 4.79 Å². The third-order valence-corrected chi connectivity index (χ3v) is 3.70. The number of hydrogen-bond acceptors (Lipinski definition) is 4. The molecule has 0 fully saturated rings. The van der Waals surface area contributed by atoms with Crippen molar-refractivity contribution in [3.8, 4) is 5.75 Å². The number of nitrogens with one attached hydrogen (secondary N) is 2. The number of carboxylic acid groups (broad SMARTS) is 1. The molecule has 6 nitrogen and oxygen atoms in total. The van der Waals surface area contributed by atoms with Crippen LogP contribution in [0.15, 0.2) is 48.5 Å². The molecule has 0 aliphatic rings. The van der Waals surface area contributed by atoms with Crippen molar-refractivity contribution < 1.29 is 19.4 Å². The Morgan fingerprint density at radius 3 is 2.50 bits per heavy atom. The van der Waals surface area contributed by atoms with E-state index in [4.69, 9.17) is 22.1 Å². The predicted octanol–water partition coefficient (Wildman–Crippen LogP) is 2.98. The molecule has 26 heavy (non-hydrogen) atoms. The van der Waals surface area contributed by atoms with E-state index in [0.717, 1.165) is 12.0 Å². The summed E-state index contributed by atoms with van der Waals surface area (Å²) >= 11 is 5.13. The van der Waals surface area contributed by atoms with Gasteiger partial charge in [0.05, 0.1) is 12.2 Å². The van der Waals surface area contributed by atoms with Crippen molar-refractivity contribution in [3.63, 3.8) is 0 Å². The minimum Gasteiger partial charge on any atom is -0.494 e. The van der Waals surface area contributed by atoms with Gasteiger partial charge in [-0.3, -0.25) is 10.1 Å². The fourth-order valence-electron chi connectivity index (χ4n) is 2.11. The maximum absolute atomic E-state index is 12.3. The number of carbonyl (C=O) groups is 2. The number of rotatable bonds is 7. The Bertz CT molecular complexity index is 790. The van der Waals surface area contributed by atoms with E-state index in [1.54, 1.807) is 36.4 Å². The molecule has 0 atom stereocenters. The first kappa shape index (κ1) is 19.4. The summed E-state index contributed by atoms with van der Waals surface area (Å²) in [4.78, 5) is 23.1. The third kappa shape index (κ3) is 5.86. The Morgan fingerprint density at radius 1 is 1.12 bits per heavy atom. The third-order valence-electron chi connectivity index (χ3n) is 3.45. The second-order valence-corrected chi connectivity index (χ2v) is 5.92. The average Bonchev–Trinajstić information content (AvgIpc) is 2.65. The maximum atomic E-state index is 12.3. The first-order valence-electron chi connectivity index (χ1n) is 8.14. The molecular formula is C19H20N2O4S. The Balaban J connectivity index is 1.87. The summed E-state index contributed by atoms with van der Waals surface area (Å²) in [7, 11) is 0. The highest BCUT2D eigenvalue weighted by atomic mass is 32.1. The fourth-order valence-corrected chi connectivity index (χ4v) is 2.28. The lowest BCUT2D eigenvalue weighted by atomic mass is 10.1. The van der Waals surface area contributed by atoms with Crippen LogP contribution in [0.4, 0.5) is 0 Å². The van der Waals surface area contributed by atoms with E-state index in [9.17, 15) is 9.59 Å². The molecule has 0 saturated heterocycles. The van der Waals surface area contributed by atoms with Crippen LogP contribution < -0.4 is 15.4 Å². The molecule has 3 N–H and O–H groups in total. The van der Waals surface area contributed by atoms with E-state index >= 15 is 0 Å². The number of carboxylic acids is 1. The van der Waals surface area contributed by atoms with E-state index in [-0.39, 0.29) is 16.6 Å². The smallest absolute Gasteiger partial charge is 0.335 e. The van der Waals surface area contributed by atoms with Gasteiger partial charge in [0.1, 0.15) is 5.75 Å². The lowest BCUT2D eigenvalue weighted by molar-refractivity contribution is 0.0696. The molecule has 0 unspecified atom stereocenters. The number of ether oxygens (including phenoxy) is 1. The Labute approximate surface area is 157 Å². The van der Waals surface area contributed by atoms with Gasteiger partial charge in [0, 0.05) is 12.1 Å². The zero-order chi connectivity index (χ0) is 18.9.